The second kappa shape index (κ2) is 5.93. The summed E-state index contributed by atoms with van der Waals surface area (Å²) in [5.74, 6) is -0.0115. The summed E-state index contributed by atoms with van der Waals surface area (Å²) in [6.45, 7) is 0. The lowest BCUT2D eigenvalue weighted by Crippen LogP contribution is -2.10. The Morgan fingerprint density at radius 2 is 1.96 bits per heavy atom. The number of fused-ring (bicyclic) bond motifs is 1. The molecular weight excluding hydrogens is 389 g/mol. The van der Waals surface area contributed by atoms with Gasteiger partial charge >= 0.3 is 0 Å². The van der Waals surface area contributed by atoms with Crippen molar-refractivity contribution in [2.45, 2.75) is 0 Å². The Bertz CT molecular complexity index is 1170. The lowest BCUT2D eigenvalue weighted by molar-refractivity contribution is 0.432. The Kier molecular flexibility index (Phi) is 3.73. The molecule has 2 aromatic carbocycles. The van der Waals surface area contributed by atoms with Crippen LogP contribution in [-0.4, -0.2) is 14.7 Å². The SMILES string of the molecule is Cn1cc(-c2nc(-c3ccccc3Br)no2)c(=O)c2cc(F)ccc21. The van der Waals surface area contributed by atoms with Crippen LogP contribution in [0.2, 0.25) is 0 Å². The van der Waals surface area contributed by atoms with Gasteiger partial charge in [0, 0.05) is 28.7 Å². The first kappa shape index (κ1) is 15.7. The molecule has 0 saturated heterocycles. The molecule has 5 nitrogen and oxygen atoms in total. The molecule has 0 radical (unpaired) electrons. The van der Waals surface area contributed by atoms with Crippen LogP contribution in [0.5, 0.6) is 0 Å². The van der Waals surface area contributed by atoms with E-state index < -0.39 is 5.82 Å². The predicted octanol–water partition coefficient (Wildman–Crippen LogP) is 4.16. The first-order valence-corrected chi connectivity index (χ1v) is 8.22. The minimum atomic E-state index is -0.471. The zero-order valence-electron chi connectivity index (χ0n) is 13.0. The highest BCUT2D eigenvalue weighted by Gasteiger charge is 2.17. The average Bonchev–Trinajstić information content (AvgIpc) is 3.08. The number of rotatable bonds is 2. The van der Waals surface area contributed by atoms with Gasteiger partial charge in [-0.3, -0.25) is 4.79 Å². The van der Waals surface area contributed by atoms with E-state index in [1.54, 1.807) is 23.9 Å². The van der Waals surface area contributed by atoms with Crippen molar-refractivity contribution in [2.24, 2.45) is 7.05 Å². The molecule has 124 valence electrons. The predicted molar refractivity (Wildman–Crippen MR) is 95.6 cm³/mol. The molecule has 0 aliphatic heterocycles. The van der Waals surface area contributed by atoms with E-state index in [9.17, 15) is 9.18 Å². The van der Waals surface area contributed by atoms with Gasteiger partial charge in [-0.1, -0.05) is 33.2 Å². The van der Waals surface area contributed by atoms with Gasteiger partial charge in [0.25, 0.3) is 5.89 Å². The highest BCUT2D eigenvalue weighted by Crippen LogP contribution is 2.27. The maximum Gasteiger partial charge on any atom is 0.263 e. The maximum atomic E-state index is 13.5. The Morgan fingerprint density at radius 1 is 1.16 bits per heavy atom. The molecule has 0 amide bonds. The molecule has 0 spiro atoms. The fraction of sp³-hybridized carbons (Fsp3) is 0.0556. The molecule has 4 aromatic rings. The first-order chi connectivity index (χ1) is 12.0. The van der Waals surface area contributed by atoms with Crippen molar-refractivity contribution in [1.82, 2.24) is 14.7 Å². The second-order valence-corrected chi connectivity index (χ2v) is 6.40. The summed E-state index contributed by atoms with van der Waals surface area (Å²) in [5.41, 5.74) is 1.25. The Morgan fingerprint density at radius 3 is 2.76 bits per heavy atom. The molecule has 0 atom stereocenters. The summed E-state index contributed by atoms with van der Waals surface area (Å²) in [6.07, 6.45) is 1.61. The van der Waals surface area contributed by atoms with E-state index in [0.29, 0.717) is 11.3 Å². The molecule has 25 heavy (non-hydrogen) atoms. The molecule has 0 N–H and O–H groups in total. The number of halogens is 2. The van der Waals surface area contributed by atoms with Crippen LogP contribution in [0.15, 0.2) is 62.5 Å². The highest BCUT2D eigenvalue weighted by atomic mass is 79.9. The summed E-state index contributed by atoms with van der Waals surface area (Å²) in [6, 6.07) is 11.5. The van der Waals surface area contributed by atoms with E-state index in [2.05, 4.69) is 26.1 Å². The van der Waals surface area contributed by atoms with Gasteiger partial charge < -0.3 is 9.09 Å². The number of nitrogens with zero attached hydrogens (tertiary/aromatic N) is 3. The molecule has 0 unspecified atom stereocenters. The summed E-state index contributed by atoms with van der Waals surface area (Å²) in [7, 11) is 1.77. The van der Waals surface area contributed by atoms with Gasteiger partial charge in [0.05, 0.1) is 5.52 Å². The van der Waals surface area contributed by atoms with Crippen molar-refractivity contribution >= 4 is 26.8 Å². The highest BCUT2D eigenvalue weighted by molar-refractivity contribution is 9.10. The Balaban J connectivity index is 1.90. The monoisotopic (exact) mass is 399 g/mol. The third kappa shape index (κ3) is 2.66. The van der Waals surface area contributed by atoms with Crippen LogP contribution in [0.25, 0.3) is 33.7 Å². The smallest absolute Gasteiger partial charge is 0.263 e. The van der Waals surface area contributed by atoms with Gasteiger partial charge in [-0.2, -0.15) is 4.98 Å². The number of hydrogen-bond acceptors (Lipinski definition) is 4. The van der Waals surface area contributed by atoms with Gasteiger partial charge in [-0.05, 0) is 30.3 Å². The summed E-state index contributed by atoms with van der Waals surface area (Å²) < 4.78 is 21.4. The largest absolute Gasteiger partial charge is 0.350 e. The van der Waals surface area contributed by atoms with Crippen LogP contribution < -0.4 is 5.43 Å². The van der Waals surface area contributed by atoms with E-state index in [-0.39, 0.29) is 22.3 Å². The fourth-order valence-corrected chi connectivity index (χ4v) is 3.16. The Labute approximate surface area is 149 Å². The van der Waals surface area contributed by atoms with Crippen LogP contribution in [0.4, 0.5) is 4.39 Å². The zero-order valence-corrected chi connectivity index (χ0v) is 14.6. The van der Waals surface area contributed by atoms with Crippen LogP contribution in [-0.2, 0) is 7.05 Å². The summed E-state index contributed by atoms with van der Waals surface area (Å²) >= 11 is 3.44. The van der Waals surface area contributed by atoms with E-state index in [1.165, 1.54) is 12.1 Å². The fourth-order valence-electron chi connectivity index (χ4n) is 2.70. The summed E-state index contributed by atoms with van der Waals surface area (Å²) in [5, 5.41) is 4.22. The summed E-state index contributed by atoms with van der Waals surface area (Å²) in [4.78, 5) is 17.1. The van der Waals surface area contributed by atoms with Crippen LogP contribution in [0.1, 0.15) is 0 Å². The van der Waals surface area contributed by atoms with Crippen molar-refractivity contribution in [3.63, 3.8) is 0 Å². The molecule has 0 saturated carbocycles. The topological polar surface area (TPSA) is 60.9 Å². The van der Waals surface area contributed by atoms with Gasteiger partial charge in [-0.25, -0.2) is 4.39 Å². The van der Waals surface area contributed by atoms with Crippen molar-refractivity contribution in [2.75, 3.05) is 0 Å². The average molecular weight is 400 g/mol. The van der Waals surface area contributed by atoms with E-state index in [1.807, 2.05) is 24.3 Å². The molecule has 0 aliphatic carbocycles. The lowest BCUT2D eigenvalue weighted by Gasteiger charge is -2.06. The third-order valence-corrected chi connectivity index (χ3v) is 4.61. The number of aromatic nitrogens is 3. The van der Waals surface area contributed by atoms with E-state index in [0.717, 1.165) is 10.0 Å². The van der Waals surface area contributed by atoms with Crippen molar-refractivity contribution in [1.29, 1.82) is 0 Å². The minimum absolute atomic E-state index is 0.0949. The second-order valence-electron chi connectivity index (χ2n) is 5.55. The molecular formula is C18H11BrFN3O2. The molecule has 0 fully saturated rings. The number of aryl methyl sites for hydroxylation is 1. The number of hydrogen-bond donors (Lipinski definition) is 0. The quantitative estimate of drug-likeness (QED) is 0.507. The minimum Gasteiger partial charge on any atom is -0.350 e. The van der Waals surface area contributed by atoms with Crippen molar-refractivity contribution in [3.8, 4) is 22.8 Å². The zero-order chi connectivity index (χ0) is 17.6. The van der Waals surface area contributed by atoms with Gasteiger partial charge in [0.2, 0.25) is 11.3 Å². The number of pyridine rings is 1. The Hall–Kier alpha value is -2.80. The molecule has 2 heterocycles. The first-order valence-electron chi connectivity index (χ1n) is 7.42. The normalized spacial score (nSPS) is 11.2. The van der Waals surface area contributed by atoms with Gasteiger partial charge in [0.1, 0.15) is 11.4 Å². The number of benzene rings is 2. The van der Waals surface area contributed by atoms with Crippen molar-refractivity contribution in [3.05, 3.63) is 69.2 Å². The maximum absolute atomic E-state index is 13.5. The molecule has 7 heteroatoms. The van der Waals surface area contributed by atoms with Gasteiger partial charge in [0.15, 0.2) is 0 Å². The van der Waals surface area contributed by atoms with E-state index >= 15 is 0 Å². The van der Waals surface area contributed by atoms with Gasteiger partial charge in [-0.15, -0.1) is 0 Å². The van der Waals surface area contributed by atoms with E-state index in [4.69, 9.17) is 4.52 Å². The standard InChI is InChI=1S/C18H11BrFN3O2/c1-23-9-13(16(24)12-8-10(20)6-7-15(12)23)18-21-17(22-25-18)11-4-2-3-5-14(11)19/h2-9H,1H3. The molecule has 0 aliphatic rings. The van der Waals surface area contributed by atoms with Crippen LogP contribution in [0, 0.1) is 5.82 Å². The van der Waals surface area contributed by atoms with Crippen LogP contribution in [0.3, 0.4) is 0 Å². The lowest BCUT2D eigenvalue weighted by atomic mass is 10.1. The molecule has 2 aromatic heterocycles. The third-order valence-electron chi connectivity index (χ3n) is 3.92. The molecule has 4 rings (SSSR count). The van der Waals surface area contributed by atoms with Crippen LogP contribution >= 0.6 is 15.9 Å². The van der Waals surface area contributed by atoms with Crippen molar-refractivity contribution < 1.29 is 8.91 Å². The molecule has 0 bridgehead atoms.